The predicted octanol–water partition coefficient (Wildman–Crippen LogP) is 2.87. The molecule has 3 nitrogen and oxygen atoms in total. The molecule has 2 rings (SSSR count). The largest absolute Gasteiger partial charge is 0.497 e. The SMILES string of the molecule is COc1ccc(F)c(CNC2(CO)CCC(C)CC2)c1. The van der Waals surface area contributed by atoms with Gasteiger partial charge in [-0.3, -0.25) is 0 Å². The molecule has 1 aromatic rings. The van der Waals surface area contributed by atoms with Gasteiger partial charge in [0.15, 0.2) is 0 Å². The molecule has 1 aliphatic carbocycles. The molecule has 0 radical (unpaired) electrons. The van der Waals surface area contributed by atoms with Crippen molar-refractivity contribution in [1.29, 1.82) is 0 Å². The zero-order valence-electron chi connectivity index (χ0n) is 12.3. The molecular formula is C16H24FNO2. The second kappa shape index (κ2) is 6.55. The van der Waals surface area contributed by atoms with Crippen LogP contribution in [0.2, 0.25) is 0 Å². The number of halogens is 1. The molecule has 0 amide bonds. The first-order valence-electron chi connectivity index (χ1n) is 7.27. The second-order valence-electron chi connectivity index (χ2n) is 5.93. The van der Waals surface area contributed by atoms with Crippen LogP contribution in [0.15, 0.2) is 18.2 Å². The normalized spacial score (nSPS) is 26.5. The smallest absolute Gasteiger partial charge is 0.127 e. The summed E-state index contributed by atoms with van der Waals surface area (Å²) in [5.41, 5.74) is 0.318. The number of benzene rings is 1. The number of aliphatic hydroxyl groups excluding tert-OH is 1. The number of hydrogen-bond donors (Lipinski definition) is 2. The van der Waals surface area contributed by atoms with E-state index in [4.69, 9.17) is 4.74 Å². The first kappa shape index (κ1) is 15.3. The molecule has 0 saturated heterocycles. The van der Waals surface area contributed by atoms with Crippen LogP contribution in [0.4, 0.5) is 4.39 Å². The van der Waals surface area contributed by atoms with Gasteiger partial charge in [-0.2, -0.15) is 0 Å². The first-order chi connectivity index (χ1) is 9.58. The molecule has 1 aliphatic rings. The maximum Gasteiger partial charge on any atom is 0.127 e. The minimum absolute atomic E-state index is 0.102. The van der Waals surface area contributed by atoms with E-state index in [0.29, 0.717) is 23.8 Å². The topological polar surface area (TPSA) is 41.5 Å². The molecule has 1 fully saturated rings. The molecule has 0 heterocycles. The van der Waals surface area contributed by atoms with Crippen LogP contribution >= 0.6 is 0 Å². The molecule has 1 saturated carbocycles. The van der Waals surface area contributed by atoms with Crippen molar-refractivity contribution in [2.24, 2.45) is 5.92 Å². The first-order valence-corrected chi connectivity index (χ1v) is 7.27. The maximum absolute atomic E-state index is 13.8. The highest BCUT2D eigenvalue weighted by molar-refractivity contribution is 5.29. The van der Waals surface area contributed by atoms with E-state index >= 15 is 0 Å². The molecule has 0 spiro atoms. The Balaban J connectivity index is 2.03. The summed E-state index contributed by atoms with van der Waals surface area (Å²) < 4.78 is 18.9. The summed E-state index contributed by atoms with van der Waals surface area (Å²) in [5.74, 6) is 1.12. The van der Waals surface area contributed by atoms with Crippen molar-refractivity contribution in [3.8, 4) is 5.75 Å². The van der Waals surface area contributed by atoms with Crippen LogP contribution in [-0.2, 0) is 6.54 Å². The average Bonchev–Trinajstić information content (AvgIpc) is 2.48. The highest BCUT2D eigenvalue weighted by Gasteiger charge is 2.33. The summed E-state index contributed by atoms with van der Waals surface area (Å²) in [7, 11) is 1.57. The van der Waals surface area contributed by atoms with E-state index in [-0.39, 0.29) is 18.0 Å². The number of ether oxygens (including phenoxy) is 1. The average molecular weight is 281 g/mol. The van der Waals surface area contributed by atoms with E-state index in [1.165, 1.54) is 6.07 Å². The van der Waals surface area contributed by atoms with Crippen molar-refractivity contribution < 1.29 is 14.2 Å². The number of methoxy groups -OCH3 is 1. The Labute approximate surface area is 120 Å². The Morgan fingerprint density at radius 1 is 1.40 bits per heavy atom. The lowest BCUT2D eigenvalue weighted by molar-refractivity contribution is 0.104. The van der Waals surface area contributed by atoms with Crippen molar-refractivity contribution >= 4 is 0 Å². The molecule has 0 aliphatic heterocycles. The Morgan fingerprint density at radius 2 is 2.10 bits per heavy atom. The van der Waals surface area contributed by atoms with Crippen molar-refractivity contribution in [2.45, 2.75) is 44.7 Å². The maximum atomic E-state index is 13.8. The zero-order valence-corrected chi connectivity index (χ0v) is 12.3. The van der Waals surface area contributed by atoms with Crippen molar-refractivity contribution in [1.82, 2.24) is 5.32 Å². The standard InChI is InChI=1S/C16H24FNO2/c1-12-5-7-16(11-19,8-6-12)18-10-13-9-14(20-2)3-4-15(13)17/h3-4,9,12,18-19H,5-8,10-11H2,1-2H3. The van der Waals surface area contributed by atoms with E-state index in [2.05, 4.69) is 12.2 Å². The molecule has 0 bridgehead atoms. The van der Waals surface area contributed by atoms with Crippen molar-refractivity contribution in [2.75, 3.05) is 13.7 Å². The van der Waals surface area contributed by atoms with Gasteiger partial charge in [0.2, 0.25) is 0 Å². The van der Waals surface area contributed by atoms with Gasteiger partial charge in [-0.25, -0.2) is 4.39 Å². The minimum Gasteiger partial charge on any atom is -0.497 e. The van der Waals surface area contributed by atoms with E-state index in [1.54, 1.807) is 19.2 Å². The second-order valence-corrected chi connectivity index (χ2v) is 5.93. The van der Waals surface area contributed by atoms with E-state index in [1.807, 2.05) is 0 Å². The molecule has 4 heteroatoms. The lowest BCUT2D eigenvalue weighted by Crippen LogP contribution is -2.50. The van der Waals surface area contributed by atoms with E-state index < -0.39 is 0 Å². The van der Waals surface area contributed by atoms with Crippen LogP contribution in [-0.4, -0.2) is 24.4 Å². The van der Waals surface area contributed by atoms with Gasteiger partial charge in [-0.05, 0) is 49.8 Å². The van der Waals surface area contributed by atoms with Crippen LogP contribution in [0, 0.1) is 11.7 Å². The van der Waals surface area contributed by atoms with E-state index in [0.717, 1.165) is 25.7 Å². The van der Waals surface area contributed by atoms with Crippen LogP contribution < -0.4 is 10.1 Å². The number of aliphatic hydroxyl groups is 1. The quantitative estimate of drug-likeness (QED) is 0.872. The highest BCUT2D eigenvalue weighted by Crippen LogP contribution is 2.32. The molecule has 0 aromatic heterocycles. The van der Waals surface area contributed by atoms with Crippen molar-refractivity contribution in [3.63, 3.8) is 0 Å². The fourth-order valence-electron chi connectivity index (χ4n) is 2.80. The molecule has 0 atom stereocenters. The molecule has 20 heavy (non-hydrogen) atoms. The van der Waals surface area contributed by atoms with Gasteiger partial charge in [0.25, 0.3) is 0 Å². The number of hydrogen-bond acceptors (Lipinski definition) is 3. The van der Waals surface area contributed by atoms with Gasteiger partial charge in [-0.1, -0.05) is 6.92 Å². The molecular weight excluding hydrogens is 257 g/mol. The van der Waals surface area contributed by atoms with Gasteiger partial charge in [0, 0.05) is 17.6 Å². The Hall–Kier alpha value is -1.13. The lowest BCUT2D eigenvalue weighted by Gasteiger charge is -2.39. The van der Waals surface area contributed by atoms with E-state index in [9.17, 15) is 9.50 Å². The molecule has 2 N–H and O–H groups in total. The van der Waals surface area contributed by atoms with Gasteiger partial charge < -0.3 is 15.2 Å². The van der Waals surface area contributed by atoms with Gasteiger partial charge in [0.1, 0.15) is 11.6 Å². The third-order valence-corrected chi connectivity index (χ3v) is 4.44. The minimum atomic E-state index is -0.262. The highest BCUT2D eigenvalue weighted by atomic mass is 19.1. The summed E-state index contributed by atoms with van der Waals surface area (Å²) >= 11 is 0. The number of nitrogens with one attached hydrogen (secondary N) is 1. The van der Waals surface area contributed by atoms with Crippen LogP contribution in [0.5, 0.6) is 5.75 Å². The molecule has 112 valence electrons. The van der Waals surface area contributed by atoms with Gasteiger partial charge in [0.05, 0.1) is 13.7 Å². The summed E-state index contributed by atoms with van der Waals surface area (Å²) in [6, 6.07) is 4.74. The number of rotatable bonds is 5. The fraction of sp³-hybridized carbons (Fsp3) is 0.625. The summed E-state index contributed by atoms with van der Waals surface area (Å²) in [5, 5.41) is 13.1. The summed E-state index contributed by atoms with van der Waals surface area (Å²) in [6.45, 7) is 2.76. The summed E-state index contributed by atoms with van der Waals surface area (Å²) in [4.78, 5) is 0. The fourth-order valence-corrected chi connectivity index (χ4v) is 2.80. The molecule has 0 unspecified atom stereocenters. The predicted molar refractivity (Wildman–Crippen MR) is 77.2 cm³/mol. The third kappa shape index (κ3) is 3.49. The Kier molecular flexibility index (Phi) is 5.00. The van der Waals surface area contributed by atoms with Crippen molar-refractivity contribution in [3.05, 3.63) is 29.6 Å². The van der Waals surface area contributed by atoms with Crippen LogP contribution in [0.1, 0.15) is 38.2 Å². The van der Waals surface area contributed by atoms with Crippen LogP contribution in [0.3, 0.4) is 0 Å². The third-order valence-electron chi connectivity index (χ3n) is 4.44. The summed E-state index contributed by atoms with van der Waals surface area (Å²) in [6.07, 6.45) is 4.09. The van der Waals surface area contributed by atoms with Crippen LogP contribution in [0.25, 0.3) is 0 Å². The van der Waals surface area contributed by atoms with Gasteiger partial charge >= 0.3 is 0 Å². The molecule has 1 aromatic carbocycles. The monoisotopic (exact) mass is 281 g/mol. The van der Waals surface area contributed by atoms with Gasteiger partial charge in [-0.15, -0.1) is 0 Å². The Bertz CT molecular complexity index is 442. The lowest BCUT2D eigenvalue weighted by atomic mass is 9.77. The zero-order chi connectivity index (χ0) is 14.6. The Morgan fingerprint density at radius 3 is 2.70 bits per heavy atom.